The monoisotopic (exact) mass is 253 g/mol. The molecule has 0 radical (unpaired) electrons. The first kappa shape index (κ1) is 12.2. The summed E-state index contributed by atoms with van der Waals surface area (Å²) in [6, 6.07) is 20.7. The number of para-hydroxylation sites is 1. The Labute approximate surface area is 114 Å². The van der Waals surface area contributed by atoms with Gasteiger partial charge in [-0.05, 0) is 30.8 Å². The lowest BCUT2D eigenvalue weighted by Crippen LogP contribution is -2.44. The maximum atomic E-state index is 6.39. The highest BCUT2D eigenvalue weighted by molar-refractivity contribution is 5.28. The second-order valence-electron chi connectivity index (χ2n) is 5.03. The van der Waals surface area contributed by atoms with E-state index in [4.69, 9.17) is 4.74 Å². The van der Waals surface area contributed by atoms with E-state index in [1.165, 1.54) is 5.56 Å². The summed E-state index contributed by atoms with van der Waals surface area (Å²) in [5.41, 5.74) is 1.09. The summed E-state index contributed by atoms with van der Waals surface area (Å²) >= 11 is 0. The fourth-order valence-electron chi connectivity index (χ4n) is 2.74. The van der Waals surface area contributed by atoms with Gasteiger partial charge >= 0.3 is 0 Å². The second kappa shape index (κ2) is 5.45. The zero-order valence-corrected chi connectivity index (χ0v) is 11.0. The number of rotatable bonds is 3. The molecule has 0 bridgehead atoms. The van der Waals surface area contributed by atoms with Gasteiger partial charge in [-0.25, -0.2) is 0 Å². The lowest BCUT2D eigenvalue weighted by molar-refractivity contribution is 0.0332. The van der Waals surface area contributed by atoms with E-state index >= 15 is 0 Å². The molecule has 1 aliphatic heterocycles. The van der Waals surface area contributed by atoms with Gasteiger partial charge in [0.2, 0.25) is 0 Å². The Kier molecular flexibility index (Phi) is 3.51. The molecule has 0 unspecified atom stereocenters. The van der Waals surface area contributed by atoms with E-state index in [2.05, 4.69) is 35.6 Å². The van der Waals surface area contributed by atoms with E-state index in [1.54, 1.807) is 0 Å². The Morgan fingerprint density at radius 1 is 0.789 bits per heavy atom. The molecular formula is C17H19NO. The molecule has 1 aliphatic rings. The maximum absolute atomic E-state index is 6.39. The Balaban J connectivity index is 1.93. The van der Waals surface area contributed by atoms with Gasteiger partial charge < -0.3 is 10.1 Å². The molecule has 0 saturated carbocycles. The highest BCUT2D eigenvalue weighted by Crippen LogP contribution is 2.35. The first-order valence-electron chi connectivity index (χ1n) is 6.89. The highest BCUT2D eigenvalue weighted by Gasteiger charge is 2.35. The van der Waals surface area contributed by atoms with E-state index in [1.807, 2.05) is 30.3 Å². The van der Waals surface area contributed by atoms with Crippen LogP contribution in [0.25, 0.3) is 0 Å². The van der Waals surface area contributed by atoms with Crippen molar-refractivity contribution < 1.29 is 4.74 Å². The fourth-order valence-corrected chi connectivity index (χ4v) is 2.74. The number of benzene rings is 2. The summed E-state index contributed by atoms with van der Waals surface area (Å²) in [6.07, 6.45) is 2.01. The number of nitrogens with one attached hydrogen (secondary N) is 1. The molecule has 2 nitrogen and oxygen atoms in total. The second-order valence-corrected chi connectivity index (χ2v) is 5.03. The quantitative estimate of drug-likeness (QED) is 0.905. The van der Waals surface area contributed by atoms with Crippen molar-refractivity contribution in [3.8, 4) is 5.75 Å². The number of piperidine rings is 1. The average Bonchev–Trinajstić information content (AvgIpc) is 2.50. The lowest BCUT2D eigenvalue weighted by Gasteiger charge is -2.38. The molecule has 98 valence electrons. The Morgan fingerprint density at radius 2 is 1.37 bits per heavy atom. The Hall–Kier alpha value is -1.80. The SMILES string of the molecule is c1ccc(OC2(c3ccccc3)CCNCC2)cc1. The largest absolute Gasteiger partial charge is 0.482 e. The smallest absolute Gasteiger partial charge is 0.136 e. The minimum absolute atomic E-state index is 0.187. The van der Waals surface area contributed by atoms with Crippen molar-refractivity contribution in [3.63, 3.8) is 0 Å². The van der Waals surface area contributed by atoms with Crippen molar-refractivity contribution in [1.29, 1.82) is 0 Å². The number of hydrogen-bond donors (Lipinski definition) is 1. The molecule has 0 amide bonds. The normalized spacial score (nSPS) is 17.9. The molecule has 2 aromatic rings. The molecule has 2 aromatic carbocycles. The molecule has 0 aromatic heterocycles. The van der Waals surface area contributed by atoms with Crippen LogP contribution in [-0.2, 0) is 5.60 Å². The van der Waals surface area contributed by atoms with Gasteiger partial charge in [-0.2, -0.15) is 0 Å². The molecule has 1 saturated heterocycles. The van der Waals surface area contributed by atoms with Gasteiger partial charge in [0.25, 0.3) is 0 Å². The lowest BCUT2D eigenvalue weighted by atomic mass is 9.84. The maximum Gasteiger partial charge on any atom is 0.136 e. The standard InChI is InChI=1S/C17H19NO/c1-3-7-15(8-4-1)17(11-13-18-14-12-17)19-16-9-5-2-6-10-16/h1-10,18H,11-14H2. The summed E-state index contributed by atoms with van der Waals surface area (Å²) < 4.78 is 6.39. The first-order chi connectivity index (χ1) is 9.39. The topological polar surface area (TPSA) is 21.3 Å². The number of hydrogen-bond acceptors (Lipinski definition) is 2. The van der Waals surface area contributed by atoms with Crippen LogP contribution < -0.4 is 10.1 Å². The van der Waals surface area contributed by atoms with Crippen LogP contribution in [0.5, 0.6) is 5.75 Å². The van der Waals surface area contributed by atoms with Gasteiger partial charge in [-0.15, -0.1) is 0 Å². The van der Waals surface area contributed by atoms with Crippen LogP contribution in [0.1, 0.15) is 18.4 Å². The van der Waals surface area contributed by atoms with Crippen LogP contribution in [0, 0.1) is 0 Å². The van der Waals surface area contributed by atoms with Gasteiger partial charge in [0.1, 0.15) is 11.4 Å². The van der Waals surface area contributed by atoms with Crippen LogP contribution >= 0.6 is 0 Å². The fraction of sp³-hybridized carbons (Fsp3) is 0.294. The summed E-state index contributed by atoms with van der Waals surface area (Å²) in [4.78, 5) is 0. The van der Waals surface area contributed by atoms with Crippen molar-refractivity contribution >= 4 is 0 Å². The van der Waals surface area contributed by atoms with Crippen LogP contribution in [0.4, 0.5) is 0 Å². The molecule has 1 N–H and O–H groups in total. The van der Waals surface area contributed by atoms with Crippen LogP contribution in [0.2, 0.25) is 0 Å². The predicted molar refractivity (Wildman–Crippen MR) is 77.3 cm³/mol. The average molecular weight is 253 g/mol. The Morgan fingerprint density at radius 3 is 2.00 bits per heavy atom. The zero-order valence-electron chi connectivity index (χ0n) is 11.0. The van der Waals surface area contributed by atoms with E-state index in [9.17, 15) is 0 Å². The summed E-state index contributed by atoms with van der Waals surface area (Å²) in [6.45, 7) is 2.00. The van der Waals surface area contributed by atoms with Gasteiger partial charge in [0, 0.05) is 12.8 Å². The molecular weight excluding hydrogens is 234 g/mol. The minimum Gasteiger partial charge on any atom is -0.482 e. The van der Waals surface area contributed by atoms with Gasteiger partial charge in [-0.1, -0.05) is 48.5 Å². The predicted octanol–water partition coefficient (Wildman–Crippen LogP) is 3.34. The third-order valence-corrected chi connectivity index (χ3v) is 3.77. The molecule has 19 heavy (non-hydrogen) atoms. The highest BCUT2D eigenvalue weighted by atomic mass is 16.5. The van der Waals surface area contributed by atoms with Crippen LogP contribution in [0.3, 0.4) is 0 Å². The van der Waals surface area contributed by atoms with Crippen molar-refractivity contribution in [3.05, 3.63) is 66.2 Å². The first-order valence-corrected chi connectivity index (χ1v) is 6.89. The molecule has 3 rings (SSSR count). The summed E-state index contributed by atoms with van der Waals surface area (Å²) in [5.74, 6) is 0.952. The minimum atomic E-state index is -0.187. The third-order valence-electron chi connectivity index (χ3n) is 3.77. The van der Waals surface area contributed by atoms with E-state index < -0.39 is 0 Å². The van der Waals surface area contributed by atoms with Gasteiger partial charge in [0.15, 0.2) is 0 Å². The number of ether oxygens (including phenoxy) is 1. The van der Waals surface area contributed by atoms with Crippen molar-refractivity contribution in [2.45, 2.75) is 18.4 Å². The van der Waals surface area contributed by atoms with Crippen LogP contribution in [0.15, 0.2) is 60.7 Å². The molecule has 0 atom stereocenters. The molecule has 1 heterocycles. The van der Waals surface area contributed by atoms with Gasteiger partial charge in [-0.3, -0.25) is 0 Å². The van der Waals surface area contributed by atoms with E-state index in [0.717, 1.165) is 31.7 Å². The van der Waals surface area contributed by atoms with Gasteiger partial charge in [0.05, 0.1) is 0 Å². The zero-order chi connectivity index (χ0) is 13.0. The third kappa shape index (κ3) is 2.64. The molecule has 0 aliphatic carbocycles. The van der Waals surface area contributed by atoms with Crippen molar-refractivity contribution in [2.24, 2.45) is 0 Å². The summed E-state index contributed by atoms with van der Waals surface area (Å²) in [5, 5.41) is 3.42. The molecule has 2 heteroatoms. The van der Waals surface area contributed by atoms with Crippen LogP contribution in [-0.4, -0.2) is 13.1 Å². The molecule has 0 spiro atoms. The van der Waals surface area contributed by atoms with Crippen molar-refractivity contribution in [2.75, 3.05) is 13.1 Å². The van der Waals surface area contributed by atoms with Crippen molar-refractivity contribution in [1.82, 2.24) is 5.32 Å². The Bertz CT molecular complexity index is 503. The molecule has 1 fully saturated rings. The van der Waals surface area contributed by atoms with E-state index in [-0.39, 0.29) is 5.60 Å². The van der Waals surface area contributed by atoms with E-state index in [0.29, 0.717) is 0 Å². The summed E-state index contributed by atoms with van der Waals surface area (Å²) in [7, 11) is 0.